The number of benzene rings is 1. The van der Waals surface area contributed by atoms with E-state index >= 15 is 0 Å². The first kappa shape index (κ1) is 14.5. The minimum Gasteiger partial charge on any atom is -0.304 e. The fourth-order valence-electron chi connectivity index (χ4n) is 2.02. The number of hydrogen-bond donors (Lipinski definition) is 1. The molecular weight excluding hydrogens is 276 g/mol. The zero-order chi connectivity index (χ0) is 13.7. The third-order valence-electron chi connectivity index (χ3n) is 3.11. The van der Waals surface area contributed by atoms with Crippen LogP contribution in [0.2, 0.25) is 5.02 Å². The summed E-state index contributed by atoms with van der Waals surface area (Å²) >= 11 is 7.83. The normalized spacial score (nSPS) is 12.6. The van der Waals surface area contributed by atoms with Crippen LogP contribution in [-0.4, -0.2) is 4.98 Å². The maximum Gasteiger partial charge on any atom is 0.107 e. The smallest absolute Gasteiger partial charge is 0.107 e. The van der Waals surface area contributed by atoms with Crippen LogP contribution in [-0.2, 0) is 13.0 Å². The number of nitrogens with zero attached hydrogens (tertiary/aromatic N) is 1. The molecule has 0 aliphatic carbocycles. The van der Waals surface area contributed by atoms with Crippen molar-refractivity contribution in [3.8, 4) is 0 Å². The van der Waals surface area contributed by atoms with Crippen LogP contribution < -0.4 is 5.32 Å². The molecule has 0 saturated heterocycles. The van der Waals surface area contributed by atoms with Crippen LogP contribution in [0.25, 0.3) is 0 Å². The SMILES string of the molecule is CCc1cnc(CNC(CC)c2cccc(Cl)c2)s1. The first-order valence-corrected chi connectivity index (χ1v) is 7.84. The lowest BCUT2D eigenvalue weighted by atomic mass is 10.0. The number of rotatable bonds is 6. The third kappa shape index (κ3) is 4.03. The molecule has 1 aromatic carbocycles. The van der Waals surface area contributed by atoms with Crippen molar-refractivity contribution in [3.63, 3.8) is 0 Å². The van der Waals surface area contributed by atoms with Gasteiger partial charge in [-0.15, -0.1) is 11.3 Å². The van der Waals surface area contributed by atoms with Crippen molar-refractivity contribution < 1.29 is 0 Å². The van der Waals surface area contributed by atoms with E-state index in [-0.39, 0.29) is 0 Å². The average molecular weight is 295 g/mol. The van der Waals surface area contributed by atoms with E-state index in [1.54, 1.807) is 11.3 Å². The van der Waals surface area contributed by atoms with Gasteiger partial charge in [0.05, 0.1) is 0 Å². The summed E-state index contributed by atoms with van der Waals surface area (Å²) in [6.07, 6.45) is 4.07. The highest BCUT2D eigenvalue weighted by Crippen LogP contribution is 2.21. The Bertz CT molecular complexity index is 524. The Hall–Kier alpha value is -0.900. The van der Waals surface area contributed by atoms with Gasteiger partial charge in [-0.1, -0.05) is 37.6 Å². The first-order valence-electron chi connectivity index (χ1n) is 6.65. The molecule has 0 aliphatic heterocycles. The molecule has 1 aromatic heterocycles. The molecule has 0 aliphatic rings. The first-order chi connectivity index (χ1) is 9.22. The standard InChI is InChI=1S/C15H19ClN2S/c1-3-13-9-18-15(19-13)10-17-14(4-2)11-6-5-7-12(16)8-11/h5-9,14,17H,3-4,10H2,1-2H3. The summed E-state index contributed by atoms with van der Waals surface area (Å²) in [5.41, 5.74) is 1.24. The molecule has 0 spiro atoms. The highest BCUT2D eigenvalue weighted by molar-refractivity contribution is 7.11. The number of nitrogens with one attached hydrogen (secondary N) is 1. The third-order valence-corrected chi connectivity index (χ3v) is 4.49. The monoisotopic (exact) mass is 294 g/mol. The Morgan fingerprint density at radius 3 is 2.84 bits per heavy atom. The molecule has 102 valence electrons. The molecule has 0 amide bonds. The number of aryl methyl sites for hydroxylation is 1. The van der Waals surface area contributed by atoms with Gasteiger partial charge < -0.3 is 5.32 Å². The topological polar surface area (TPSA) is 24.9 Å². The lowest BCUT2D eigenvalue weighted by Crippen LogP contribution is -2.20. The van der Waals surface area contributed by atoms with Crippen LogP contribution >= 0.6 is 22.9 Å². The van der Waals surface area contributed by atoms with Crippen LogP contribution in [0.1, 0.15) is 41.8 Å². The maximum absolute atomic E-state index is 6.05. The summed E-state index contributed by atoms with van der Waals surface area (Å²) in [4.78, 5) is 5.77. The lowest BCUT2D eigenvalue weighted by molar-refractivity contribution is 0.518. The van der Waals surface area contributed by atoms with E-state index in [0.29, 0.717) is 6.04 Å². The van der Waals surface area contributed by atoms with E-state index in [1.807, 2.05) is 24.4 Å². The van der Waals surface area contributed by atoms with Crippen molar-refractivity contribution in [2.24, 2.45) is 0 Å². The molecule has 0 radical (unpaired) electrons. The minimum absolute atomic E-state index is 0.327. The Kier molecular flexibility index (Phi) is 5.37. The van der Waals surface area contributed by atoms with Gasteiger partial charge in [-0.3, -0.25) is 0 Å². The fourth-order valence-corrected chi connectivity index (χ4v) is 3.04. The molecule has 1 atom stereocenters. The molecule has 1 heterocycles. The molecule has 2 aromatic rings. The van der Waals surface area contributed by atoms with Crippen molar-refractivity contribution >= 4 is 22.9 Å². The van der Waals surface area contributed by atoms with Gasteiger partial charge in [-0.25, -0.2) is 4.98 Å². The second-order valence-corrected chi connectivity index (χ2v) is 6.11. The summed E-state index contributed by atoms with van der Waals surface area (Å²) in [7, 11) is 0. The van der Waals surface area contributed by atoms with Gasteiger partial charge in [-0.05, 0) is 30.5 Å². The van der Waals surface area contributed by atoms with Crippen LogP contribution in [0.3, 0.4) is 0 Å². The van der Waals surface area contributed by atoms with E-state index in [9.17, 15) is 0 Å². The van der Waals surface area contributed by atoms with E-state index in [2.05, 4.69) is 30.2 Å². The number of thiazole rings is 1. The minimum atomic E-state index is 0.327. The van der Waals surface area contributed by atoms with Crippen LogP contribution in [0.4, 0.5) is 0 Å². The van der Waals surface area contributed by atoms with Gasteiger partial charge in [0.1, 0.15) is 5.01 Å². The van der Waals surface area contributed by atoms with Gasteiger partial charge in [0, 0.05) is 28.7 Å². The molecule has 4 heteroatoms. The molecule has 2 rings (SSSR count). The van der Waals surface area contributed by atoms with Crippen LogP contribution in [0, 0.1) is 0 Å². The fraction of sp³-hybridized carbons (Fsp3) is 0.400. The molecule has 19 heavy (non-hydrogen) atoms. The van der Waals surface area contributed by atoms with E-state index in [4.69, 9.17) is 11.6 Å². The number of halogens is 1. The van der Waals surface area contributed by atoms with Crippen molar-refractivity contribution in [2.45, 2.75) is 39.3 Å². The summed E-state index contributed by atoms with van der Waals surface area (Å²) in [6.45, 7) is 5.15. The van der Waals surface area contributed by atoms with E-state index in [1.165, 1.54) is 10.4 Å². The molecule has 0 saturated carbocycles. The van der Waals surface area contributed by atoms with Crippen molar-refractivity contribution in [3.05, 3.63) is 50.9 Å². The van der Waals surface area contributed by atoms with Gasteiger partial charge in [0.15, 0.2) is 0 Å². The van der Waals surface area contributed by atoms with Crippen LogP contribution in [0.5, 0.6) is 0 Å². The van der Waals surface area contributed by atoms with Crippen molar-refractivity contribution in [1.29, 1.82) is 0 Å². The predicted molar refractivity (Wildman–Crippen MR) is 82.8 cm³/mol. The van der Waals surface area contributed by atoms with Crippen molar-refractivity contribution in [2.75, 3.05) is 0 Å². The molecular formula is C15H19ClN2S. The highest BCUT2D eigenvalue weighted by atomic mass is 35.5. The molecule has 0 bridgehead atoms. The van der Waals surface area contributed by atoms with Gasteiger partial charge in [-0.2, -0.15) is 0 Å². The zero-order valence-electron chi connectivity index (χ0n) is 11.3. The molecule has 0 fully saturated rings. The van der Waals surface area contributed by atoms with Crippen LogP contribution in [0.15, 0.2) is 30.5 Å². The van der Waals surface area contributed by atoms with Crippen molar-refractivity contribution in [1.82, 2.24) is 10.3 Å². The summed E-state index contributed by atoms with van der Waals surface area (Å²) in [5.74, 6) is 0. The molecule has 1 unspecified atom stereocenters. The number of hydrogen-bond acceptors (Lipinski definition) is 3. The van der Waals surface area contributed by atoms with Gasteiger partial charge >= 0.3 is 0 Å². The van der Waals surface area contributed by atoms with E-state index in [0.717, 1.165) is 29.4 Å². The Morgan fingerprint density at radius 1 is 1.37 bits per heavy atom. The second kappa shape index (κ2) is 7.04. The maximum atomic E-state index is 6.05. The number of aromatic nitrogens is 1. The van der Waals surface area contributed by atoms with Gasteiger partial charge in [0.25, 0.3) is 0 Å². The van der Waals surface area contributed by atoms with Gasteiger partial charge in [0.2, 0.25) is 0 Å². The molecule has 2 nitrogen and oxygen atoms in total. The zero-order valence-corrected chi connectivity index (χ0v) is 12.9. The summed E-state index contributed by atoms with van der Waals surface area (Å²) in [6, 6.07) is 8.38. The Labute approximate surface area is 123 Å². The summed E-state index contributed by atoms with van der Waals surface area (Å²) in [5, 5.41) is 5.50. The quantitative estimate of drug-likeness (QED) is 0.842. The van der Waals surface area contributed by atoms with E-state index < -0.39 is 0 Å². The predicted octanol–water partition coefficient (Wildman–Crippen LogP) is 4.60. The molecule has 1 N–H and O–H groups in total. The summed E-state index contributed by atoms with van der Waals surface area (Å²) < 4.78 is 0. The Morgan fingerprint density at radius 2 is 2.21 bits per heavy atom. The second-order valence-electron chi connectivity index (χ2n) is 4.47. The lowest BCUT2D eigenvalue weighted by Gasteiger charge is -2.16. The Balaban J connectivity index is 1.99. The highest BCUT2D eigenvalue weighted by Gasteiger charge is 2.10. The largest absolute Gasteiger partial charge is 0.304 e. The average Bonchev–Trinajstić information content (AvgIpc) is 2.87.